The Morgan fingerprint density at radius 2 is 1.56 bits per heavy atom. The van der Waals surface area contributed by atoms with E-state index in [0.29, 0.717) is 6.42 Å². The molecule has 6 nitrogen and oxygen atoms in total. The van der Waals surface area contributed by atoms with Gasteiger partial charge in [-0.05, 0) is 55.3 Å². The summed E-state index contributed by atoms with van der Waals surface area (Å²) in [4.78, 5) is 17.7. The van der Waals surface area contributed by atoms with E-state index in [0.717, 1.165) is 17.0 Å². The minimum atomic E-state index is -1.98. The Hall–Kier alpha value is -1.65. The minimum absolute atomic E-state index is 0.0879. The highest BCUT2D eigenvalue weighted by atomic mass is 28.4. The SMILES string of the molecule is CC(=O)OCC1(c2ccc(O[Si](C)(C)C(C)(C)C)cc2)CC(C(C)O[Si](C)(C)C(C)(C)C)=NO1. The van der Waals surface area contributed by atoms with Crippen LogP contribution in [0, 0.1) is 0 Å². The molecule has 8 heteroatoms. The van der Waals surface area contributed by atoms with Gasteiger partial charge >= 0.3 is 5.97 Å². The first-order valence-corrected chi connectivity index (χ1v) is 18.0. The number of oxime groups is 1. The smallest absolute Gasteiger partial charge is 0.302 e. The van der Waals surface area contributed by atoms with Crippen molar-refractivity contribution in [2.24, 2.45) is 5.16 Å². The third kappa shape index (κ3) is 6.52. The van der Waals surface area contributed by atoms with Crippen LogP contribution in [0.3, 0.4) is 0 Å². The fourth-order valence-corrected chi connectivity index (χ4v) is 5.62. The predicted octanol–water partition coefficient (Wildman–Crippen LogP) is 7.02. The van der Waals surface area contributed by atoms with Crippen molar-refractivity contribution in [1.29, 1.82) is 0 Å². The van der Waals surface area contributed by atoms with Gasteiger partial charge in [-0.3, -0.25) is 4.79 Å². The Kier molecular flexibility index (Phi) is 8.22. The molecule has 0 spiro atoms. The van der Waals surface area contributed by atoms with Gasteiger partial charge in [-0.25, -0.2) is 0 Å². The van der Waals surface area contributed by atoms with Crippen molar-refractivity contribution in [3.63, 3.8) is 0 Å². The molecule has 0 saturated heterocycles. The summed E-state index contributed by atoms with van der Waals surface area (Å²) in [5.41, 5.74) is 0.856. The lowest BCUT2D eigenvalue weighted by Crippen LogP contribution is -2.45. The van der Waals surface area contributed by atoms with Crippen LogP contribution in [0.5, 0.6) is 5.75 Å². The molecule has 0 aromatic heterocycles. The van der Waals surface area contributed by atoms with Crippen LogP contribution in [0.2, 0.25) is 36.3 Å². The highest BCUT2D eigenvalue weighted by Gasteiger charge is 2.46. The molecular weight excluding hydrogens is 462 g/mol. The van der Waals surface area contributed by atoms with Gasteiger partial charge < -0.3 is 18.4 Å². The lowest BCUT2D eigenvalue weighted by atomic mass is 9.88. The number of hydrogen-bond donors (Lipinski definition) is 0. The molecule has 1 aliphatic heterocycles. The molecule has 0 fully saturated rings. The van der Waals surface area contributed by atoms with Crippen LogP contribution in [-0.2, 0) is 24.4 Å². The zero-order valence-electron chi connectivity index (χ0n) is 23.3. The van der Waals surface area contributed by atoms with Crippen LogP contribution in [0.15, 0.2) is 29.4 Å². The predicted molar refractivity (Wildman–Crippen MR) is 143 cm³/mol. The molecule has 1 aromatic carbocycles. The summed E-state index contributed by atoms with van der Waals surface area (Å²) >= 11 is 0. The van der Waals surface area contributed by atoms with Crippen LogP contribution >= 0.6 is 0 Å². The molecule has 0 aliphatic carbocycles. The minimum Gasteiger partial charge on any atom is -0.544 e. The van der Waals surface area contributed by atoms with E-state index in [9.17, 15) is 4.79 Å². The number of nitrogens with zero attached hydrogens (tertiary/aromatic N) is 1. The third-order valence-corrected chi connectivity index (χ3v) is 16.5. The molecule has 1 aliphatic rings. The first-order chi connectivity index (χ1) is 15.3. The normalized spacial score (nSPS) is 20.4. The Morgan fingerprint density at radius 3 is 2.03 bits per heavy atom. The summed E-state index contributed by atoms with van der Waals surface area (Å²) in [6.45, 7) is 25.8. The van der Waals surface area contributed by atoms with E-state index in [1.54, 1.807) is 0 Å². The van der Waals surface area contributed by atoms with Crippen LogP contribution < -0.4 is 4.43 Å². The van der Waals surface area contributed by atoms with Crippen LogP contribution in [0.1, 0.15) is 67.4 Å². The molecule has 2 atom stereocenters. The first-order valence-electron chi connectivity index (χ1n) is 12.2. The molecule has 0 radical (unpaired) electrons. The average molecular weight is 508 g/mol. The fourth-order valence-electron chi connectivity index (χ4n) is 3.22. The molecule has 34 heavy (non-hydrogen) atoms. The number of carbonyl (C=O) groups excluding carboxylic acids is 1. The summed E-state index contributed by atoms with van der Waals surface area (Å²) in [6, 6.07) is 7.93. The molecule has 2 unspecified atom stereocenters. The van der Waals surface area contributed by atoms with Gasteiger partial charge in [0.05, 0.1) is 11.8 Å². The fraction of sp³-hybridized carbons (Fsp3) is 0.692. The Morgan fingerprint density at radius 1 is 1.03 bits per heavy atom. The van der Waals surface area contributed by atoms with E-state index < -0.39 is 22.2 Å². The molecule has 0 saturated carbocycles. The Bertz CT molecular complexity index is 897. The van der Waals surface area contributed by atoms with Crippen molar-refractivity contribution in [1.82, 2.24) is 0 Å². The van der Waals surface area contributed by atoms with E-state index in [-0.39, 0.29) is 28.8 Å². The highest BCUT2D eigenvalue weighted by Crippen LogP contribution is 2.41. The average Bonchev–Trinajstić information content (AvgIpc) is 3.10. The summed E-state index contributed by atoms with van der Waals surface area (Å²) < 4.78 is 18.4. The van der Waals surface area contributed by atoms with Gasteiger partial charge in [0.1, 0.15) is 12.4 Å². The maximum Gasteiger partial charge on any atom is 0.302 e. The standard InChI is InChI=1S/C26H45NO5Si2/c1-19(30-33(9,10)24(3,4)5)23-17-26(32-27-23,18-29-20(2)28)21-13-15-22(16-14-21)31-34(11,12)25(6,7)8/h13-16,19H,17-18H2,1-12H3. The number of esters is 1. The van der Waals surface area contributed by atoms with Gasteiger partial charge in [-0.15, -0.1) is 0 Å². The second-order valence-electron chi connectivity index (χ2n) is 12.5. The molecule has 1 aromatic rings. The molecule has 0 amide bonds. The van der Waals surface area contributed by atoms with Gasteiger partial charge in [-0.1, -0.05) is 58.8 Å². The molecule has 1 heterocycles. The second kappa shape index (κ2) is 9.78. The zero-order valence-corrected chi connectivity index (χ0v) is 25.3. The van der Waals surface area contributed by atoms with Crippen molar-refractivity contribution < 1.29 is 23.2 Å². The lowest BCUT2D eigenvalue weighted by Gasteiger charge is -2.38. The van der Waals surface area contributed by atoms with Crippen LogP contribution in [0.25, 0.3) is 0 Å². The van der Waals surface area contributed by atoms with Crippen molar-refractivity contribution in [2.75, 3.05) is 6.61 Å². The van der Waals surface area contributed by atoms with Crippen LogP contribution in [0.4, 0.5) is 0 Å². The summed E-state index contributed by atoms with van der Waals surface area (Å²) in [5, 5.41) is 4.63. The van der Waals surface area contributed by atoms with Crippen molar-refractivity contribution in [3.05, 3.63) is 29.8 Å². The van der Waals surface area contributed by atoms with Gasteiger partial charge in [0.15, 0.2) is 8.32 Å². The van der Waals surface area contributed by atoms with Crippen molar-refractivity contribution in [3.8, 4) is 5.75 Å². The number of rotatable bonds is 8. The Balaban J connectivity index is 2.26. The van der Waals surface area contributed by atoms with Crippen molar-refractivity contribution in [2.45, 2.75) is 110 Å². The van der Waals surface area contributed by atoms with Gasteiger partial charge in [0.2, 0.25) is 13.9 Å². The van der Waals surface area contributed by atoms with Gasteiger partial charge in [0, 0.05) is 18.9 Å². The molecule has 0 bridgehead atoms. The number of carbonyl (C=O) groups is 1. The van der Waals surface area contributed by atoms with E-state index >= 15 is 0 Å². The summed E-state index contributed by atoms with van der Waals surface area (Å²) in [5.74, 6) is 0.492. The molecule has 0 N–H and O–H groups in total. The quantitative estimate of drug-likeness (QED) is 0.279. The monoisotopic (exact) mass is 507 g/mol. The highest BCUT2D eigenvalue weighted by molar-refractivity contribution is 6.75. The maximum atomic E-state index is 11.6. The second-order valence-corrected chi connectivity index (χ2v) is 22.0. The number of hydrogen-bond acceptors (Lipinski definition) is 6. The van der Waals surface area contributed by atoms with Crippen molar-refractivity contribution >= 4 is 28.3 Å². The largest absolute Gasteiger partial charge is 0.544 e. The summed E-state index contributed by atoms with van der Waals surface area (Å²) in [7, 11) is -3.92. The number of ether oxygens (including phenoxy) is 1. The van der Waals surface area contributed by atoms with Gasteiger partial charge in [-0.2, -0.15) is 0 Å². The maximum absolute atomic E-state index is 11.6. The molecule has 2 rings (SSSR count). The number of benzene rings is 1. The van der Waals surface area contributed by atoms with Crippen LogP contribution in [-0.4, -0.2) is 41.0 Å². The zero-order chi connectivity index (χ0) is 26.2. The summed E-state index contributed by atoms with van der Waals surface area (Å²) in [6.07, 6.45) is 0.319. The first kappa shape index (κ1) is 28.6. The van der Waals surface area contributed by atoms with E-state index in [1.807, 2.05) is 31.2 Å². The third-order valence-electron chi connectivity index (χ3n) is 7.62. The molecule has 192 valence electrons. The Labute approximate surface area is 208 Å². The van der Waals surface area contributed by atoms with E-state index in [4.69, 9.17) is 18.4 Å². The van der Waals surface area contributed by atoms with E-state index in [1.165, 1.54) is 6.92 Å². The van der Waals surface area contributed by atoms with E-state index in [2.05, 4.69) is 72.9 Å². The topological polar surface area (TPSA) is 66.4 Å². The molecular formula is C26H45NO5Si2. The lowest BCUT2D eigenvalue weighted by molar-refractivity contribution is -0.152. The van der Waals surface area contributed by atoms with Gasteiger partial charge in [0.25, 0.3) is 0 Å².